The Morgan fingerprint density at radius 1 is 1.43 bits per heavy atom. The normalized spacial score (nSPS) is 18.4. The number of hydrogen-bond acceptors (Lipinski definition) is 3. The van der Waals surface area contributed by atoms with Gasteiger partial charge in [0.05, 0.1) is 13.2 Å². The standard InChI is InChI=1S/C11H23NO2/c1-10(7-12-5-6-13-2)8-14-9-11-3-4-11/h10-12H,3-9H2,1-2H3. The number of methoxy groups -OCH3 is 1. The topological polar surface area (TPSA) is 30.5 Å². The third-order valence-electron chi connectivity index (χ3n) is 2.43. The number of rotatable bonds is 9. The molecule has 3 nitrogen and oxygen atoms in total. The molecule has 0 spiro atoms. The van der Waals surface area contributed by atoms with Crippen molar-refractivity contribution in [2.75, 3.05) is 40.0 Å². The van der Waals surface area contributed by atoms with E-state index in [0.29, 0.717) is 5.92 Å². The molecule has 84 valence electrons. The first-order valence-corrected chi connectivity index (χ1v) is 5.60. The predicted octanol–water partition coefficient (Wildman–Crippen LogP) is 1.29. The van der Waals surface area contributed by atoms with Gasteiger partial charge in [0, 0.05) is 20.3 Å². The zero-order valence-corrected chi connectivity index (χ0v) is 9.42. The van der Waals surface area contributed by atoms with E-state index in [4.69, 9.17) is 9.47 Å². The Labute approximate surface area is 87.2 Å². The van der Waals surface area contributed by atoms with Crippen LogP contribution in [0.15, 0.2) is 0 Å². The summed E-state index contributed by atoms with van der Waals surface area (Å²) in [6.07, 6.45) is 2.75. The van der Waals surface area contributed by atoms with Crippen molar-refractivity contribution in [1.82, 2.24) is 5.32 Å². The molecular weight excluding hydrogens is 178 g/mol. The van der Waals surface area contributed by atoms with Crippen LogP contribution in [0.4, 0.5) is 0 Å². The lowest BCUT2D eigenvalue weighted by atomic mass is 10.2. The van der Waals surface area contributed by atoms with Gasteiger partial charge in [0.25, 0.3) is 0 Å². The van der Waals surface area contributed by atoms with Crippen LogP contribution in [-0.4, -0.2) is 40.0 Å². The zero-order chi connectivity index (χ0) is 10.2. The Hall–Kier alpha value is -0.120. The average Bonchev–Trinajstić information content (AvgIpc) is 2.96. The fourth-order valence-electron chi connectivity index (χ4n) is 1.30. The number of nitrogens with one attached hydrogen (secondary N) is 1. The quantitative estimate of drug-likeness (QED) is 0.570. The average molecular weight is 201 g/mol. The summed E-state index contributed by atoms with van der Waals surface area (Å²) in [6.45, 7) is 6.82. The second-order valence-corrected chi connectivity index (χ2v) is 4.28. The summed E-state index contributed by atoms with van der Waals surface area (Å²) >= 11 is 0. The van der Waals surface area contributed by atoms with Gasteiger partial charge in [-0.3, -0.25) is 0 Å². The van der Waals surface area contributed by atoms with Crippen molar-refractivity contribution in [3.63, 3.8) is 0 Å². The minimum atomic E-state index is 0.602. The molecule has 1 rings (SSSR count). The van der Waals surface area contributed by atoms with Crippen molar-refractivity contribution in [3.05, 3.63) is 0 Å². The van der Waals surface area contributed by atoms with Crippen LogP contribution in [-0.2, 0) is 9.47 Å². The van der Waals surface area contributed by atoms with Crippen LogP contribution in [0.2, 0.25) is 0 Å². The molecule has 1 fully saturated rings. The number of ether oxygens (including phenoxy) is 2. The van der Waals surface area contributed by atoms with Crippen molar-refractivity contribution < 1.29 is 9.47 Å². The highest BCUT2D eigenvalue weighted by atomic mass is 16.5. The van der Waals surface area contributed by atoms with Gasteiger partial charge in [-0.05, 0) is 31.2 Å². The molecule has 0 aromatic rings. The van der Waals surface area contributed by atoms with Crippen LogP contribution >= 0.6 is 0 Å². The molecule has 1 N–H and O–H groups in total. The Morgan fingerprint density at radius 2 is 2.21 bits per heavy atom. The first-order valence-electron chi connectivity index (χ1n) is 5.60. The summed E-state index contributed by atoms with van der Waals surface area (Å²) < 4.78 is 10.6. The molecule has 0 saturated heterocycles. The summed E-state index contributed by atoms with van der Waals surface area (Å²) in [5, 5.41) is 3.33. The molecule has 0 aromatic heterocycles. The highest BCUT2D eigenvalue weighted by molar-refractivity contribution is 4.72. The lowest BCUT2D eigenvalue weighted by molar-refractivity contribution is 0.0951. The molecule has 0 heterocycles. The zero-order valence-electron chi connectivity index (χ0n) is 9.42. The van der Waals surface area contributed by atoms with Gasteiger partial charge in [0.15, 0.2) is 0 Å². The molecule has 3 heteroatoms. The van der Waals surface area contributed by atoms with E-state index in [0.717, 1.165) is 38.8 Å². The van der Waals surface area contributed by atoms with E-state index in [1.165, 1.54) is 12.8 Å². The lowest BCUT2D eigenvalue weighted by Crippen LogP contribution is -2.27. The Morgan fingerprint density at radius 3 is 2.86 bits per heavy atom. The van der Waals surface area contributed by atoms with Gasteiger partial charge in [-0.2, -0.15) is 0 Å². The molecule has 1 unspecified atom stereocenters. The molecule has 1 saturated carbocycles. The second kappa shape index (κ2) is 7.21. The van der Waals surface area contributed by atoms with Crippen LogP contribution in [0.1, 0.15) is 19.8 Å². The van der Waals surface area contributed by atoms with Crippen molar-refractivity contribution in [3.8, 4) is 0 Å². The maximum Gasteiger partial charge on any atom is 0.0587 e. The summed E-state index contributed by atoms with van der Waals surface area (Å²) in [7, 11) is 1.73. The largest absolute Gasteiger partial charge is 0.383 e. The second-order valence-electron chi connectivity index (χ2n) is 4.28. The summed E-state index contributed by atoms with van der Waals surface area (Å²) in [4.78, 5) is 0. The molecule has 1 aliphatic rings. The van der Waals surface area contributed by atoms with Crippen molar-refractivity contribution in [1.29, 1.82) is 0 Å². The highest BCUT2D eigenvalue weighted by Gasteiger charge is 2.21. The third-order valence-corrected chi connectivity index (χ3v) is 2.43. The van der Waals surface area contributed by atoms with Crippen LogP contribution in [0.5, 0.6) is 0 Å². The fourth-order valence-corrected chi connectivity index (χ4v) is 1.30. The van der Waals surface area contributed by atoms with E-state index in [1.807, 2.05) is 0 Å². The lowest BCUT2D eigenvalue weighted by Gasteiger charge is -2.12. The van der Waals surface area contributed by atoms with Crippen LogP contribution in [0.3, 0.4) is 0 Å². The van der Waals surface area contributed by atoms with E-state index in [9.17, 15) is 0 Å². The SMILES string of the molecule is COCCNCC(C)COCC1CC1. The monoisotopic (exact) mass is 201 g/mol. The van der Waals surface area contributed by atoms with Crippen LogP contribution in [0, 0.1) is 11.8 Å². The van der Waals surface area contributed by atoms with Gasteiger partial charge in [0.2, 0.25) is 0 Å². The number of hydrogen-bond donors (Lipinski definition) is 1. The predicted molar refractivity (Wildman–Crippen MR) is 57.5 cm³/mol. The van der Waals surface area contributed by atoms with Crippen molar-refractivity contribution in [2.45, 2.75) is 19.8 Å². The van der Waals surface area contributed by atoms with Gasteiger partial charge in [-0.25, -0.2) is 0 Å². The van der Waals surface area contributed by atoms with E-state index in [-0.39, 0.29) is 0 Å². The van der Waals surface area contributed by atoms with E-state index >= 15 is 0 Å². The first-order chi connectivity index (χ1) is 6.83. The Balaban J connectivity index is 1.79. The first kappa shape index (κ1) is 12.0. The molecule has 1 aliphatic carbocycles. The van der Waals surface area contributed by atoms with Gasteiger partial charge < -0.3 is 14.8 Å². The van der Waals surface area contributed by atoms with Gasteiger partial charge in [-0.15, -0.1) is 0 Å². The summed E-state index contributed by atoms with van der Waals surface area (Å²) in [5.41, 5.74) is 0. The molecule has 0 aromatic carbocycles. The maximum atomic E-state index is 5.61. The molecule has 0 radical (unpaired) electrons. The van der Waals surface area contributed by atoms with Gasteiger partial charge >= 0.3 is 0 Å². The van der Waals surface area contributed by atoms with Gasteiger partial charge in [-0.1, -0.05) is 6.92 Å². The molecule has 1 atom stereocenters. The van der Waals surface area contributed by atoms with Crippen molar-refractivity contribution >= 4 is 0 Å². The Kier molecular flexibility index (Phi) is 6.15. The molecule has 0 aliphatic heterocycles. The smallest absolute Gasteiger partial charge is 0.0587 e. The third kappa shape index (κ3) is 6.35. The highest BCUT2D eigenvalue weighted by Crippen LogP contribution is 2.28. The fraction of sp³-hybridized carbons (Fsp3) is 1.00. The van der Waals surface area contributed by atoms with Crippen LogP contribution < -0.4 is 5.32 Å². The Bertz CT molecular complexity index is 137. The molecular formula is C11H23NO2. The van der Waals surface area contributed by atoms with Crippen molar-refractivity contribution in [2.24, 2.45) is 11.8 Å². The van der Waals surface area contributed by atoms with E-state index < -0.39 is 0 Å². The minimum Gasteiger partial charge on any atom is -0.383 e. The molecule has 0 bridgehead atoms. The molecule has 14 heavy (non-hydrogen) atoms. The molecule has 0 amide bonds. The summed E-state index contributed by atoms with van der Waals surface area (Å²) in [6, 6.07) is 0. The summed E-state index contributed by atoms with van der Waals surface area (Å²) in [5.74, 6) is 1.48. The van der Waals surface area contributed by atoms with E-state index in [2.05, 4.69) is 12.2 Å². The minimum absolute atomic E-state index is 0.602. The van der Waals surface area contributed by atoms with Gasteiger partial charge in [0.1, 0.15) is 0 Å². The van der Waals surface area contributed by atoms with Crippen LogP contribution in [0.25, 0.3) is 0 Å². The van der Waals surface area contributed by atoms with E-state index in [1.54, 1.807) is 7.11 Å². The maximum absolute atomic E-state index is 5.61.